The van der Waals surface area contributed by atoms with Crippen LogP contribution in [0.2, 0.25) is 0 Å². The molecule has 0 spiro atoms. The van der Waals surface area contributed by atoms with Crippen LogP contribution >= 0.6 is 0 Å². The molecule has 0 saturated carbocycles. The molecule has 1 fully saturated rings. The number of aryl methyl sites for hydroxylation is 1. The van der Waals surface area contributed by atoms with Gasteiger partial charge < -0.3 is 19.9 Å². The minimum atomic E-state index is -0.127. The van der Waals surface area contributed by atoms with E-state index in [-0.39, 0.29) is 6.03 Å². The van der Waals surface area contributed by atoms with Gasteiger partial charge in [-0.25, -0.2) is 9.48 Å². The average molecular weight is 394 g/mol. The molecule has 0 atom stereocenters. The number of piperazine rings is 1. The third-order valence-corrected chi connectivity index (χ3v) is 4.95. The van der Waals surface area contributed by atoms with Gasteiger partial charge in [0.05, 0.1) is 24.7 Å². The highest BCUT2D eigenvalue weighted by Crippen LogP contribution is 2.27. The maximum Gasteiger partial charge on any atom is 0.321 e. The Morgan fingerprint density at radius 1 is 1.14 bits per heavy atom. The van der Waals surface area contributed by atoms with E-state index in [0.717, 1.165) is 35.8 Å². The van der Waals surface area contributed by atoms with Crippen LogP contribution in [0.4, 0.5) is 16.2 Å². The first-order valence-electron chi connectivity index (χ1n) is 9.28. The van der Waals surface area contributed by atoms with E-state index in [1.54, 1.807) is 29.1 Å². The molecule has 2 aromatic heterocycles. The maximum atomic E-state index is 12.7. The number of urea groups is 1. The van der Waals surface area contributed by atoms with Gasteiger partial charge in [0.25, 0.3) is 0 Å². The van der Waals surface area contributed by atoms with Crippen LogP contribution in [-0.2, 0) is 0 Å². The number of pyridine rings is 1. The number of carbonyl (C=O) groups excluding carboxylic acids is 1. The van der Waals surface area contributed by atoms with E-state index in [0.29, 0.717) is 18.8 Å². The molecule has 3 aromatic rings. The van der Waals surface area contributed by atoms with Gasteiger partial charge in [-0.3, -0.25) is 4.98 Å². The van der Waals surface area contributed by atoms with Crippen molar-refractivity contribution in [3.05, 3.63) is 48.5 Å². The molecule has 1 saturated heterocycles. The molecule has 1 aliphatic heterocycles. The van der Waals surface area contributed by atoms with Crippen molar-refractivity contribution in [3.8, 4) is 11.4 Å². The number of hydrogen-bond acceptors (Lipinski definition) is 7. The van der Waals surface area contributed by atoms with E-state index < -0.39 is 0 Å². The molecule has 10 heteroatoms. The van der Waals surface area contributed by atoms with Gasteiger partial charge in [-0.2, -0.15) is 0 Å². The number of methoxy groups -OCH3 is 1. The normalized spacial score (nSPS) is 14.0. The number of tetrazole rings is 1. The summed E-state index contributed by atoms with van der Waals surface area (Å²) in [7, 11) is 1.63. The Bertz CT molecular complexity index is 984. The van der Waals surface area contributed by atoms with E-state index in [1.165, 1.54) is 6.33 Å². The van der Waals surface area contributed by atoms with Gasteiger partial charge >= 0.3 is 6.03 Å². The van der Waals surface area contributed by atoms with Gasteiger partial charge in [0.15, 0.2) is 5.75 Å². The Labute approximate surface area is 168 Å². The van der Waals surface area contributed by atoms with E-state index >= 15 is 0 Å². The van der Waals surface area contributed by atoms with Crippen molar-refractivity contribution in [2.45, 2.75) is 6.92 Å². The number of carbonyl (C=O) groups is 1. The van der Waals surface area contributed by atoms with Crippen LogP contribution in [0.15, 0.2) is 43.0 Å². The summed E-state index contributed by atoms with van der Waals surface area (Å²) in [6, 6.07) is 7.47. The lowest BCUT2D eigenvalue weighted by Gasteiger charge is -2.36. The molecule has 3 heterocycles. The molecule has 2 amide bonds. The number of nitrogens with zero attached hydrogens (tertiary/aromatic N) is 7. The van der Waals surface area contributed by atoms with E-state index in [4.69, 9.17) is 4.74 Å². The Morgan fingerprint density at radius 2 is 1.97 bits per heavy atom. The molecule has 0 unspecified atom stereocenters. The first kappa shape index (κ1) is 18.7. The molecule has 4 rings (SSSR count). The quantitative estimate of drug-likeness (QED) is 0.719. The first-order chi connectivity index (χ1) is 14.2. The number of ether oxygens (including phenoxy) is 1. The molecular weight excluding hydrogens is 372 g/mol. The average Bonchev–Trinajstić information content (AvgIpc) is 3.30. The summed E-state index contributed by atoms with van der Waals surface area (Å²) in [5.41, 5.74) is 3.52. The zero-order valence-electron chi connectivity index (χ0n) is 16.3. The second kappa shape index (κ2) is 8.13. The smallest absolute Gasteiger partial charge is 0.321 e. The molecule has 1 N–H and O–H groups in total. The second-order valence-electron chi connectivity index (χ2n) is 6.71. The number of amides is 2. The molecular formula is C19H22N8O2. The van der Waals surface area contributed by atoms with Gasteiger partial charge in [-0.15, -0.1) is 5.10 Å². The van der Waals surface area contributed by atoms with Gasteiger partial charge in [0, 0.05) is 38.1 Å². The largest absolute Gasteiger partial charge is 0.493 e. The first-order valence-corrected chi connectivity index (χ1v) is 9.28. The molecule has 0 bridgehead atoms. The highest BCUT2D eigenvalue weighted by atomic mass is 16.5. The van der Waals surface area contributed by atoms with Crippen LogP contribution in [0.3, 0.4) is 0 Å². The van der Waals surface area contributed by atoms with Gasteiger partial charge in [-0.05, 0) is 41.1 Å². The van der Waals surface area contributed by atoms with Crippen molar-refractivity contribution in [1.82, 2.24) is 30.1 Å². The Morgan fingerprint density at radius 3 is 2.69 bits per heavy atom. The lowest BCUT2D eigenvalue weighted by Crippen LogP contribution is -2.50. The predicted octanol–water partition coefficient (Wildman–Crippen LogP) is 1.73. The molecule has 0 aliphatic carbocycles. The minimum Gasteiger partial charge on any atom is -0.493 e. The molecule has 1 aromatic carbocycles. The van der Waals surface area contributed by atoms with Crippen molar-refractivity contribution >= 4 is 17.4 Å². The van der Waals surface area contributed by atoms with Crippen molar-refractivity contribution < 1.29 is 9.53 Å². The Hall–Kier alpha value is -3.69. The fourth-order valence-corrected chi connectivity index (χ4v) is 3.35. The summed E-state index contributed by atoms with van der Waals surface area (Å²) in [4.78, 5) is 20.8. The Balaban J connectivity index is 1.40. The number of aromatic nitrogens is 5. The zero-order chi connectivity index (χ0) is 20.2. The van der Waals surface area contributed by atoms with Crippen LogP contribution in [0.25, 0.3) is 5.69 Å². The summed E-state index contributed by atoms with van der Waals surface area (Å²) in [5, 5.41) is 14.2. The lowest BCUT2D eigenvalue weighted by molar-refractivity contribution is 0.208. The number of anilines is 2. The predicted molar refractivity (Wildman–Crippen MR) is 107 cm³/mol. The van der Waals surface area contributed by atoms with Crippen LogP contribution < -0.4 is 15.0 Å². The third kappa shape index (κ3) is 3.96. The topological polar surface area (TPSA) is 101 Å². The third-order valence-electron chi connectivity index (χ3n) is 4.95. The highest BCUT2D eigenvalue weighted by molar-refractivity contribution is 5.90. The summed E-state index contributed by atoms with van der Waals surface area (Å²) < 4.78 is 6.97. The standard InChI is InChI=1S/C19H22N8O2/c1-14-3-4-15(11-17(14)27-13-21-23-24-27)22-19(28)26-9-7-25(8-10-26)16-5-6-20-12-18(16)29-2/h3-6,11-13H,7-10H2,1-2H3,(H,22,28). The summed E-state index contributed by atoms with van der Waals surface area (Å²) in [5.74, 6) is 0.736. The van der Waals surface area contributed by atoms with E-state index in [1.807, 2.05) is 31.2 Å². The Kier molecular flexibility index (Phi) is 5.23. The second-order valence-corrected chi connectivity index (χ2v) is 6.71. The van der Waals surface area contributed by atoms with Crippen molar-refractivity contribution in [3.63, 3.8) is 0 Å². The molecule has 29 heavy (non-hydrogen) atoms. The van der Waals surface area contributed by atoms with Crippen molar-refractivity contribution in [2.75, 3.05) is 43.5 Å². The molecule has 1 aliphatic rings. The number of nitrogens with one attached hydrogen (secondary N) is 1. The fraction of sp³-hybridized carbons (Fsp3) is 0.316. The van der Waals surface area contributed by atoms with Crippen LogP contribution in [-0.4, -0.2) is 69.4 Å². The maximum absolute atomic E-state index is 12.7. The van der Waals surface area contributed by atoms with Crippen LogP contribution in [0.1, 0.15) is 5.56 Å². The van der Waals surface area contributed by atoms with Gasteiger partial charge in [0.2, 0.25) is 0 Å². The fourth-order valence-electron chi connectivity index (χ4n) is 3.35. The lowest BCUT2D eigenvalue weighted by atomic mass is 10.2. The van der Waals surface area contributed by atoms with E-state index in [2.05, 4.69) is 30.7 Å². The van der Waals surface area contributed by atoms with Crippen LogP contribution in [0.5, 0.6) is 5.75 Å². The SMILES string of the molecule is COc1cnccc1N1CCN(C(=O)Nc2ccc(C)c(-n3cnnn3)c2)CC1. The van der Waals surface area contributed by atoms with E-state index in [9.17, 15) is 4.79 Å². The van der Waals surface area contributed by atoms with Gasteiger partial charge in [-0.1, -0.05) is 6.07 Å². The number of hydrogen-bond donors (Lipinski definition) is 1. The highest BCUT2D eigenvalue weighted by Gasteiger charge is 2.23. The zero-order valence-corrected chi connectivity index (χ0v) is 16.3. The number of benzene rings is 1. The number of rotatable bonds is 4. The van der Waals surface area contributed by atoms with Crippen molar-refractivity contribution in [2.24, 2.45) is 0 Å². The molecule has 10 nitrogen and oxygen atoms in total. The minimum absolute atomic E-state index is 0.127. The molecule has 0 radical (unpaired) electrons. The summed E-state index contributed by atoms with van der Waals surface area (Å²) in [6.07, 6.45) is 4.98. The van der Waals surface area contributed by atoms with Crippen LogP contribution in [0, 0.1) is 6.92 Å². The monoisotopic (exact) mass is 394 g/mol. The summed E-state index contributed by atoms with van der Waals surface area (Å²) >= 11 is 0. The van der Waals surface area contributed by atoms with Crippen molar-refractivity contribution in [1.29, 1.82) is 0 Å². The summed E-state index contributed by atoms with van der Waals surface area (Å²) in [6.45, 7) is 4.64. The van der Waals surface area contributed by atoms with Gasteiger partial charge in [0.1, 0.15) is 6.33 Å². The molecule has 150 valence electrons.